The van der Waals surface area contributed by atoms with Crippen molar-refractivity contribution in [2.24, 2.45) is 0 Å². The highest BCUT2D eigenvalue weighted by Crippen LogP contribution is 2.34. The van der Waals surface area contributed by atoms with Crippen molar-refractivity contribution in [3.8, 4) is 11.3 Å². The van der Waals surface area contributed by atoms with E-state index in [1.807, 2.05) is 6.20 Å². The quantitative estimate of drug-likeness (QED) is 0.599. The third-order valence-corrected chi connectivity index (χ3v) is 5.24. The van der Waals surface area contributed by atoms with E-state index in [0.29, 0.717) is 36.7 Å². The Hall–Kier alpha value is -2.69. The number of nitrogens with zero attached hydrogens (tertiary/aromatic N) is 6. The van der Waals surface area contributed by atoms with Gasteiger partial charge in [-0.1, -0.05) is 12.1 Å². The molecule has 2 aromatic heterocycles. The molecule has 0 amide bonds. The molecule has 1 fully saturated rings. The van der Waals surface area contributed by atoms with Gasteiger partial charge in [-0.05, 0) is 12.1 Å². The summed E-state index contributed by atoms with van der Waals surface area (Å²) in [6.07, 6.45) is 2.39. The lowest BCUT2D eigenvalue weighted by molar-refractivity contribution is -0.137. The molecule has 172 valence electrons. The molecule has 0 bridgehead atoms. The fourth-order valence-electron chi connectivity index (χ4n) is 3.70. The van der Waals surface area contributed by atoms with Crippen LogP contribution in [0.3, 0.4) is 0 Å². The molecule has 1 aliphatic rings. The van der Waals surface area contributed by atoms with Gasteiger partial charge in [-0.3, -0.25) is 14.6 Å². The standard InChI is InChI=1S/C21H23F3N6O.ClH/c22-21(23,24)18-3-1-2-17(12-18)19-20(26-5-4-25-19)29-8-6-28(7-9-29)14-16-13-27-30(15-16)10-11-31;/h1-5,12-13,15,31H,6-11,14H2;1H. The number of alkyl halides is 3. The lowest BCUT2D eigenvalue weighted by Crippen LogP contribution is -2.46. The van der Waals surface area contributed by atoms with Gasteiger partial charge in [0.25, 0.3) is 0 Å². The van der Waals surface area contributed by atoms with Crippen LogP contribution in [-0.2, 0) is 19.3 Å². The molecule has 3 aromatic rings. The van der Waals surface area contributed by atoms with Crippen molar-refractivity contribution in [3.05, 3.63) is 60.2 Å². The van der Waals surface area contributed by atoms with Gasteiger partial charge in [-0.15, -0.1) is 12.4 Å². The van der Waals surface area contributed by atoms with E-state index in [9.17, 15) is 13.2 Å². The number of aromatic nitrogens is 4. The third kappa shape index (κ3) is 5.56. The van der Waals surface area contributed by atoms with Crippen LogP contribution in [0.1, 0.15) is 11.1 Å². The zero-order valence-electron chi connectivity index (χ0n) is 17.2. The minimum atomic E-state index is -4.41. The molecular formula is C21H24ClF3N6O. The molecule has 4 rings (SSSR count). The first kappa shape index (κ1) is 24.0. The normalized spacial score (nSPS) is 14.9. The van der Waals surface area contributed by atoms with Crippen molar-refractivity contribution in [2.45, 2.75) is 19.3 Å². The summed E-state index contributed by atoms with van der Waals surface area (Å²) in [7, 11) is 0. The maximum absolute atomic E-state index is 13.1. The van der Waals surface area contributed by atoms with E-state index in [-0.39, 0.29) is 19.0 Å². The maximum atomic E-state index is 13.1. The third-order valence-electron chi connectivity index (χ3n) is 5.24. The Labute approximate surface area is 189 Å². The molecule has 11 heteroatoms. The monoisotopic (exact) mass is 468 g/mol. The van der Waals surface area contributed by atoms with Crippen LogP contribution in [0.2, 0.25) is 0 Å². The molecule has 0 unspecified atom stereocenters. The van der Waals surface area contributed by atoms with E-state index in [2.05, 4.69) is 24.9 Å². The topological polar surface area (TPSA) is 70.3 Å². The molecule has 7 nitrogen and oxygen atoms in total. The Kier molecular flexibility index (Phi) is 7.70. The summed E-state index contributed by atoms with van der Waals surface area (Å²) in [5.74, 6) is 0.595. The van der Waals surface area contributed by atoms with Gasteiger partial charge in [-0.2, -0.15) is 18.3 Å². The molecule has 0 aliphatic carbocycles. The van der Waals surface area contributed by atoms with E-state index >= 15 is 0 Å². The fourth-order valence-corrected chi connectivity index (χ4v) is 3.70. The van der Waals surface area contributed by atoms with Crippen LogP contribution in [0, 0.1) is 0 Å². The molecule has 3 heterocycles. The molecule has 0 radical (unpaired) electrons. The van der Waals surface area contributed by atoms with Crippen LogP contribution >= 0.6 is 12.4 Å². The van der Waals surface area contributed by atoms with Crippen LogP contribution in [0.25, 0.3) is 11.3 Å². The lowest BCUT2D eigenvalue weighted by atomic mass is 10.1. The van der Waals surface area contributed by atoms with E-state index in [0.717, 1.165) is 37.3 Å². The minimum Gasteiger partial charge on any atom is -0.394 e. The second kappa shape index (κ2) is 10.3. The van der Waals surface area contributed by atoms with Gasteiger partial charge in [0, 0.05) is 62.4 Å². The van der Waals surface area contributed by atoms with Crippen LogP contribution < -0.4 is 4.90 Å². The second-order valence-corrected chi connectivity index (χ2v) is 7.41. The molecule has 1 aliphatic heterocycles. The Morgan fingerprint density at radius 2 is 1.78 bits per heavy atom. The van der Waals surface area contributed by atoms with Gasteiger partial charge < -0.3 is 10.0 Å². The van der Waals surface area contributed by atoms with Gasteiger partial charge in [0.15, 0.2) is 5.82 Å². The highest BCUT2D eigenvalue weighted by molar-refractivity contribution is 5.85. The van der Waals surface area contributed by atoms with Crippen LogP contribution in [-0.4, -0.2) is 62.5 Å². The van der Waals surface area contributed by atoms with Gasteiger partial charge >= 0.3 is 6.18 Å². The SMILES string of the molecule is Cl.OCCn1cc(CN2CCN(c3nccnc3-c3cccc(C(F)(F)F)c3)CC2)cn1. The summed E-state index contributed by atoms with van der Waals surface area (Å²) in [6, 6.07) is 5.20. The summed E-state index contributed by atoms with van der Waals surface area (Å²) in [5, 5.41) is 13.2. The van der Waals surface area contributed by atoms with Crippen molar-refractivity contribution < 1.29 is 18.3 Å². The molecule has 0 saturated carbocycles. The number of rotatable bonds is 6. The van der Waals surface area contributed by atoms with Gasteiger partial charge in [0.1, 0.15) is 5.69 Å². The van der Waals surface area contributed by atoms with Crippen molar-refractivity contribution in [1.29, 1.82) is 0 Å². The average molecular weight is 469 g/mol. The number of anilines is 1. The molecule has 1 N–H and O–H groups in total. The van der Waals surface area contributed by atoms with Gasteiger partial charge in [0.05, 0.1) is 24.9 Å². The number of aliphatic hydroxyl groups is 1. The van der Waals surface area contributed by atoms with Crippen LogP contribution in [0.5, 0.6) is 0 Å². The van der Waals surface area contributed by atoms with Gasteiger partial charge in [-0.25, -0.2) is 4.98 Å². The first-order chi connectivity index (χ1) is 14.9. The largest absolute Gasteiger partial charge is 0.416 e. The summed E-state index contributed by atoms with van der Waals surface area (Å²) in [4.78, 5) is 13.1. The zero-order valence-corrected chi connectivity index (χ0v) is 18.1. The number of piperazine rings is 1. The molecular weight excluding hydrogens is 445 g/mol. The molecule has 0 atom stereocenters. The summed E-state index contributed by atoms with van der Waals surface area (Å²) in [5.41, 5.74) is 1.23. The Balaban J connectivity index is 0.00000289. The van der Waals surface area contributed by atoms with E-state index in [1.165, 1.54) is 12.3 Å². The van der Waals surface area contributed by atoms with E-state index < -0.39 is 11.7 Å². The van der Waals surface area contributed by atoms with Crippen molar-refractivity contribution in [2.75, 3.05) is 37.7 Å². The molecule has 1 saturated heterocycles. The number of hydrogen-bond donors (Lipinski definition) is 1. The highest BCUT2D eigenvalue weighted by Gasteiger charge is 2.31. The van der Waals surface area contributed by atoms with Crippen molar-refractivity contribution >= 4 is 18.2 Å². The zero-order chi connectivity index (χ0) is 21.8. The Bertz CT molecular complexity index is 1020. The summed E-state index contributed by atoms with van der Waals surface area (Å²) >= 11 is 0. The molecule has 32 heavy (non-hydrogen) atoms. The second-order valence-electron chi connectivity index (χ2n) is 7.41. The smallest absolute Gasteiger partial charge is 0.394 e. The maximum Gasteiger partial charge on any atom is 0.416 e. The highest BCUT2D eigenvalue weighted by atomic mass is 35.5. The number of halogens is 4. The Morgan fingerprint density at radius 1 is 1.03 bits per heavy atom. The molecule has 1 aromatic carbocycles. The van der Waals surface area contributed by atoms with E-state index in [1.54, 1.807) is 23.1 Å². The average Bonchev–Trinajstić information content (AvgIpc) is 3.21. The number of aliphatic hydroxyl groups excluding tert-OH is 1. The lowest BCUT2D eigenvalue weighted by Gasteiger charge is -2.35. The predicted octanol–water partition coefficient (Wildman–Crippen LogP) is 3.10. The minimum absolute atomic E-state index is 0. The van der Waals surface area contributed by atoms with Gasteiger partial charge in [0.2, 0.25) is 0 Å². The fraction of sp³-hybridized carbons (Fsp3) is 0.381. The van der Waals surface area contributed by atoms with Crippen LogP contribution in [0.4, 0.5) is 19.0 Å². The summed E-state index contributed by atoms with van der Waals surface area (Å²) < 4.78 is 41.1. The number of hydrogen-bond acceptors (Lipinski definition) is 6. The first-order valence-electron chi connectivity index (χ1n) is 10.0. The Morgan fingerprint density at radius 3 is 2.50 bits per heavy atom. The number of benzene rings is 1. The predicted molar refractivity (Wildman–Crippen MR) is 117 cm³/mol. The van der Waals surface area contributed by atoms with Crippen molar-refractivity contribution in [3.63, 3.8) is 0 Å². The van der Waals surface area contributed by atoms with Crippen molar-refractivity contribution in [1.82, 2.24) is 24.6 Å². The molecule has 0 spiro atoms. The van der Waals surface area contributed by atoms with Crippen LogP contribution in [0.15, 0.2) is 49.1 Å². The first-order valence-corrected chi connectivity index (χ1v) is 10.0. The summed E-state index contributed by atoms with van der Waals surface area (Å²) in [6.45, 7) is 4.21. The van der Waals surface area contributed by atoms with E-state index in [4.69, 9.17) is 5.11 Å².